The lowest BCUT2D eigenvalue weighted by molar-refractivity contribution is -0.384. The van der Waals surface area contributed by atoms with Crippen LogP contribution in [0.1, 0.15) is 23.2 Å². The maximum absolute atomic E-state index is 10.8. The molecule has 0 aliphatic heterocycles. The maximum atomic E-state index is 10.8. The molecule has 16 heavy (non-hydrogen) atoms. The van der Waals surface area contributed by atoms with Crippen molar-refractivity contribution < 1.29 is 9.72 Å². The first-order valence-corrected chi connectivity index (χ1v) is 6.05. The van der Waals surface area contributed by atoms with E-state index in [0.717, 1.165) is 16.6 Å². The number of carbonyl (C=O) groups is 1. The lowest BCUT2D eigenvalue weighted by Crippen LogP contribution is -1.93. The Morgan fingerprint density at radius 3 is 2.81 bits per heavy atom. The monoisotopic (exact) mass is 237 g/mol. The summed E-state index contributed by atoms with van der Waals surface area (Å²) < 4.78 is 0. The van der Waals surface area contributed by atoms with Gasteiger partial charge in [0.15, 0.2) is 6.29 Å². The van der Waals surface area contributed by atoms with E-state index in [2.05, 4.69) is 0 Å². The molecule has 84 valence electrons. The molecule has 0 aromatic heterocycles. The number of nitro benzene ring substituents is 1. The molecular formula is C11H11NO3S. The number of carbonyl (C=O) groups excluding carboxylic acids is 1. The summed E-state index contributed by atoms with van der Waals surface area (Å²) in [7, 11) is 0. The highest BCUT2D eigenvalue weighted by molar-refractivity contribution is 7.99. The van der Waals surface area contributed by atoms with Gasteiger partial charge in [0.1, 0.15) is 0 Å². The van der Waals surface area contributed by atoms with Gasteiger partial charge < -0.3 is 0 Å². The summed E-state index contributed by atoms with van der Waals surface area (Å²) >= 11 is 1.61. The number of nitrogens with zero attached hydrogens (tertiary/aromatic N) is 1. The maximum Gasteiger partial charge on any atom is 0.270 e. The second-order valence-electron chi connectivity index (χ2n) is 3.85. The fourth-order valence-electron chi connectivity index (χ4n) is 1.37. The normalized spacial score (nSPS) is 14.8. The molecule has 1 aromatic rings. The fraction of sp³-hybridized carbons (Fsp3) is 0.364. The third-order valence-electron chi connectivity index (χ3n) is 2.50. The van der Waals surface area contributed by atoms with Crippen LogP contribution in [0.4, 0.5) is 5.69 Å². The van der Waals surface area contributed by atoms with E-state index in [4.69, 9.17) is 0 Å². The van der Waals surface area contributed by atoms with Crippen LogP contribution in [0.2, 0.25) is 0 Å². The molecule has 1 aliphatic rings. The van der Waals surface area contributed by atoms with Gasteiger partial charge in [-0.15, -0.1) is 11.8 Å². The first-order chi connectivity index (χ1) is 7.70. The van der Waals surface area contributed by atoms with E-state index in [1.54, 1.807) is 17.8 Å². The molecule has 1 saturated carbocycles. The number of nitro groups is 1. The van der Waals surface area contributed by atoms with Crippen molar-refractivity contribution in [3.8, 4) is 0 Å². The minimum atomic E-state index is -0.484. The standard InChI is InChI=1S/C11H11NO3S/c13-6-9-5-10(12(14)15)3-4-11(9)16-7-8-1-2-8/h3-6,8H,1-2,7H2. The van der Waals surface area contributed by atoms with Crippen molar-refractivity contribution in [3.05, 3.63) is 33.9 Å². The Hall–Kier alpha value is -1.36. The van der Waals surface area contributed by atoms with Crippen molar-refractivity contribution in [3.63, 3.8) is 0 Å². The summed E-state index contributed by atoms with van der Waals surface area (Å²) in [5.41, 5.74) is 0.387. The first kappa shape index (κ1) is 11.1. The van der Waals surface area contributed by atoms with E-state index >= 15 is 0 Å². The van der Waals surface area contributed by atoms with Gasteiger partial charge in [-0.25, -0.2) is 0 Å². The molecule has 0 atom stereocenters. The number of benzene rings is 1. The number of hydrogen-bond donors (Lipinski definition) is 0. The van der Waals surface area contributed by atoms with Crippen molar-refractivity contribution in [2.75, 3.05) is 5.75 Å². The Labute approximate surface area is 97.2 Å². The van der Waals surface area contributed by atoms with Crippen molar-refractivity contribution in [1.82, 2.24) is 0 Å². The molecule has 0 amide bonds. The Kier molecular flexibility index (Phi) is 3.24. The highest BCUT2D eigenvalue weighted by Crippen LogP contribution is 2.36. The second kappa shape index (κ2) is 4.65. The van der Waals surface area contributed by atoms with Crippen molar-refractivity contribution >= 4 is 23.7 Å². The summed E-state index contributed by atoms with van der Waals surface area (Å²) in [4.78, 5) is 21.7. The number of non-ortho nitro benzene ring substituents is 1. The molecule has 0 bridgehead atoms. The van der Waals surface area contributed by atoms with Gasteiger partial charge in [-0.1, -0.05) is 0 Å². The topological polar surface area (TPSA) is 60.2 Å². The molecule has 2 rings (SSSR count). The van der Waals surface area contributed by atoms with Gasteiger partial charge in [0.2, 0.25) is 0 Å². The van der Waals surface area contributed by atoms with Crippen LogP contribution >= 0.6 is 11.8 Å². The number of aldehydes is 1. The molecule has 1 aromatic carbocycles. The second-order valence-corrected chi connectivity index (χ2v) is 4.91. The Balaban J connectivity index is 2.16. The molecule has 5 heteroatoms. The highest BCUT2D eigenvalue weighted by Gasteiger charge is 2.22. The zero-order valence-electron chi connectivity index (χ0n) is 8.59. The molecule has 0 N–H and O–H groups in total. The molecule has 0 radical (unpaired) electrons. The predicted octanol–water partition coefficient (Wildman–Crippen LogP) is 2.91. The SMILES string of the molecule is O=Cc1cc([N+](=O)[O-])ccc1SCC1CC1. The van der Waals surface area contributed by atoms with Crippen LogP contribution in [0.25, 0.3) is 0 Å². The molecule has 0 heterocycles. The van der Waals surface area contributed by atoms with E-state index in [1.165, 1.54) is 25.0 Å². The van der Waals surface area contributed by atoms with Crippen molar-refractivity contribution in [2.45, 2.75) is 17.7 Å². The number of hydrogen-bond acceptors (Lipinski definition) is 4. The summed E-state index contributed by atoms with van der Waals surface area (Å²) in [5, 5.41) is 10.5. The first-order valence-electron chi connectivity index (χ1n) is 5.07. The van der Waals surface area contributed by atoms with Crippen LogP contribution in [0.5, 0.6) is 0 Å². The lowest BCUT2D eigenvalue weighted by atomic mass is 10.2. The molecule has 0 saturated heterocycles. The fourth-order valence-corrected chi connectivity index (χ4v) is 2.55. The largest absolute Gasteiger partial charge is 0.298 e. The molecule has 0 spiro atoms. The Bertz CT molecular complexity index is 429. The van der Waals surface area contributed by atoms with Gasteiger partial charge >= 0.3 is 0 Å². The van der Waals surface area contributed by atoms with E-state index in [0.29, 0.717) is 11.8 Å². The molecular weight excluding hydrogens is 226 g/mol. The van der Waals surface area contributed by atoms with Crippen molar-refractivity contribution in [2.24, 2.45) is 5.92 Å². The minimum absolute atomic E-state index is 0.0297. The lowest BCUT2D eigenvalue weighted by Gasteiger charge is -2.03. The average Bonchev–Trinajstić information content (AvgIpc) is 3.09. The van der Waals surface area contributed by atoms with Crippen molar-refractivity contribution in [1.29, 1.82) is 0 Å². The quantitative estimate of drug-likeness (QED) is 0.342. The van der Waals surface area contributed by atoms with Crippen LogP contribution in [0.15, 0.2) is 23.1 Å². The van der Waals surface area contributed by atoms with Gasteiger partial charge in [-0.05, 0) is 24.8 Å². The Morgan fingerprint density at radius 1 is 1.50 bits per heavy atom. The van der Waals surface area contributed by atoms with Gasteiger partial charge in [-0.3, -0.25) is 14.9 Å². The molecule has 0 unspecified atom stereocenters. The summed E-state index contributed by atoms with van der Waals surface area (Å²) in [5.74, 6) is 1.76. The summed E-state index contributed by atoms with van der Waals surface area (Å²) in [6, 6.07) is 4.44. The van der Waals surface area contributed by atoms with Crippen LogP contribution < -0.4 is 0 Å². The van der Waals surface area contributed by atoms with Gasteiger partial charge in [0.25, 0.3) is 5.69 Å². The van der Waals surface area contributed by atoms with Crippen LogP contribution in [0.3, 0.4) is 0 Å². The van der Waals surface area contributed by atoms with E-state index in [1.807, 2.05) is 0 Å². The third-order valence-corrected chi connectivity index (χ3v) is 3.82. The predicted molar refractivity (Wildman–Crippen MR) is 61.9 cm³/mol. The molecule has 1 aliphatic carbocycles. The van der Waals surface area contributed by atoms with Crippen LogP contribution in [-0.4, -0.2) is 17.0 Å². The zero-order chi connectivity index (χ0) is 11.5. The number of thioether (sulfide) groups is 1. The average molecular weight is 237 g/mol. The van der Waals surface area contributed by atoms with Gasteiger partial charge in [0.05, 0.1) is 4.92 Å². The van der Waals surface area contributed by atoms with Crippen LogP contribution in [0, 0.1) is 16.0 Å². The summed E-state index contributed by atoms with van der Waals surface area (Å²) in [6.07, 6.45) is 3.20. The molecule has 1 fully saturated rings. The van der Waals surface area contributed by atoms with E-state index in [9.17, 15) is 14.9 Å². The van der Waals surface area contributed by atoms with Gasteiger partial charge in [0, 0.05) is 28.3 Å². The Morgan fingerprint density at radius 2 is 2.25 bits per heavy atom. The highest BCUT2D eigenvalue weighted by atomic mass is 32.2. The smallest absolute Gasteiger partial charge is 0.270 e. The van der Waals surface area contributed by atoms with Crippen LogP contribution in [-0.2, 0) is 0 Å². The minimum Gasteiger partial charge on any atom is -0.298 e. The molecule has 4 nitrogen and oxygen atoms in total. The third kappa shape index (κ3) is 2.61. The van der Waals surface area contributed by atoms with Gasteiger partial charge in [-0.2, -0.15) is 0 Å². The van der Waals surface area contributed by atoms with E-state index in [-0.39, 0.29) is 5.69 Å². The summed E-state index contributed by atoms with van der Waals surface area (Å²) in [6.45, 7) is 0. The van der Waals surface area contributed by atoms with E-state index < -0.39 is 4.92 Å². The zero-order valence-corrected chi connectivity index (χ0v) is 9.40. The number of rotatable bonds is 5.